The Labute approximate surface area is 170 Å². The lowest BCUT2D eigenvalue weighted by molar-refractivity contribution is -0.693. The van der Waals surface area contributed by atoms with Crippen LogP contribution in [0.25, 0.3) is 0 Å². The molecule has 0 aromatic carbocycles. The summed E-state index contributed by atoms with van der Waals surface area (Å²) in [5.74, 6) is -1.12. The molecule has 2 aromatic rings. The Morgan fingerprint density at radius 1 is 0.750 bits per heavy atom. The maximum atomic E-state index is 9.81. The van der Waals surface area contributed by atoms with E-state index in [-0.39, 0.29) is 0 Å². The molecule has 2 aromatic heterocycles. The van der Waals surface area contributed by atoms with Gasteiger partial charge in [0.15, 0.2) is 24.8 Å². The van der Waals surface area contributed by atoms with E-state index in [1.54, 1.807) is 0 Å². The number of aryl methyl sites for hydroxylation is 4. The van der Waals surface area contributed by atoms with Crippen molar-refractivity contribution in [2.24, 2.45) is 0 Å². The number of esters is 2. The molecular weight excluding hydrogens is 352 g/mol. The lowest BCUT2D eigenvalue weighted by Gasteiger charge is -1.95. The Balaban J connectivity index is 0.000000402. The molecule has 0 bridgehead atoms. The second-order valence-corrected chi connectivity index (χ2v) is 6.26. The molecule has 0 fully saturated rings. The van der Waals surface area contributed by atoms with E-state index in [1.165, 1.54) is 37.8 Å². The van der Waals surface area contributed by atoms with Crippen LogP contribution in [0.2, 0.25) is 0 Å². The Morgan fingerprint density at radius 3 is 1.39 bits per heavy atom. The average Bonchev–Trinajstić information content (AvgIpc) is 2.69. The van der Waals surface area contributed by atoms with Crippen LogP contribution in [-0.4, -0.2) is 11.9 Å². The predicted molar refractivity (Wildman–Crippen MR) is 110 cm³/mol. The van der Waals surface area contributed by atoms with E-state index in [9.17, 15) is 9.59 Å². The third-order valence-electron chi connectivity index (χ3n) is 3.89. The van der Waals surface area contributed by atoms with E-state index in [1.807, 2.05) is 0 Å². The zero-order chi connectivity index (χ0) is 21.4. The Morgan fingerprint density at radius 2 is 1.14 bits per heavy atom. The monoisotopic (exact) mass is 388 g/mol. The average molecular weight is 389 g/mol. The summed E-state index contributed by atoms with van der Waals surface area (Å²) in [4.78, 5) is 19.6. The minimum absolute atomic E-state index is 0.562. The van der Waals surface area contributed by atoms with Gasteiger partial charge in [0, 0.05) is 38.1 Å². The van der Waals surface area contributed by atoms with Crippen molar-refractivity contribution in [2.75, 3.05) is 0 Å². The van der Waals surface area contributed by atoms with Gasteiger partial charge in [-0.2, -0.15) is 0 Å². The highest BCUT2D eigenvalue weighted by Crippen LogP contribution is 1.98. The van der Waals surface area contributed by atoms with Gasteiger partial charge in [0.25, 0.3) is 0 Å². The molecule has 0 saturated heterocycles. The number of carbonyl (C=O) groups excluding carboxylic acids is 2. The van der Waals surface area contributed by atoms with Crippen LogP contribution in [0, 0.1) is 0 Å². The molecule has 2 heterocycles. The molecular formula is C23H36N2O3+2. The molecule has 0 aliphatic heterocycles. The summed E-state index contributed by atoms with van der Waals surface area (Å²) in [5, 5.41) is 0. The van der Waals surface area contributed by atoms with Crippen LogP contribution in [0.3, 0.4) is 0 Å². The van der Waals surface area contributed by atoms with Crippen LogP contribution in [0.1, 0.15) is 59.1 Å². The van der Waals surface area contributed by atoms with Gasteiger partial charge in [-0.3, -0.25) is 9.59 Å². The number of pyridine rings is 2. The van der Waals surface area contributed by atoms with Gasteiger partial charge in [-0.15, -0.1) is 0 Å². The number of aromatic nitrogens is 2. The van der Waals surface area contributed by atoms with Crippen LogP contribution in [0.15, 0.2) is 49.1 Å². The minimum Gasteiger partial charge on any atom is -0.394 e. The van der Waals surface area contributed by atoms with Crippen molar-refractivity contribution >= 4 is 11.9 Å². The van der Waals surface area contributed by atoms with E-state index in [4.69, 9.17) is 0 Å². The maximum absolute atomic E-state index is 9.81. The van der Waals surface area contributed by atoms with Crippen molar-refractivity contribution < 1.29 is 23.5 Å². The van der Waals surface area contributed by atoms with Crippen LogP contribution in [0.5, 0.6) is 0 Å². The fourth-order valence-electron chi connectivity index (χ4n) is 2.29. The molecule has 0 spiro atoms. The Bertz CT molecular complexity index is 645. The number of rotatable bonds is 5. The number of hydrogen-bond donors (Lipinski definition) is 0. The summed E-state index contributed by atoms with van der Waals surface area (Å²) in [6, 6.07) is 8.74. The fraction of sp³-hybridized carbons (Fsp3) is 0.478. The van der Waals surface area contributed by atoms with Gasteiger partial charge < -0.3 is 4.74 Å². The second-order valence-electron chi connectivity index (χ2n) is 6.26. The van der Waals surface area contributed by atoms with Crippen molar-refractivity contribution in [3.05, 3.63) is 60.2 Å². The lowest BCUT2D eigenvalue weighted by atomic mass is 10.2. The summed E-state index contributed by atoms with van der Waals surface area (Å²) in [7, 11) is 0. The summed E-state index contributed by atoms with van der Waals surface area (Å²) in [5.41, 5.74) is 2.85. The van der Waals surface area contributed by atoms with E-state index in [0.717, 1.165) is 19.5 Å². The zero-order valence-corrected chi connectivity index (χ0v) is 18.3. The molecule has 0 aliphatic rings. The van der Waals surface area contributed by atoms with Gasteiger partial charge in [-0.05, 0) is 37.8 Å². The van der Waals surface area contributed by atoms with Crippen LogP contribution in [0.4, 0.5) is 0 Å². The highest BCUT2D eigenvalue weighted by atomic mass is 16.6. The predicted octanol–water partition coefficient (Wildman–Crippen LogP) is 3.60. The smallest absolute Gasteiger partial charge is 0.310 e. The molecule has 2 rings (SSSR count). The highest BCUT2D eigenvalue weighted by molar-refractivity contribution is 5.82. The van der Waals surface area contributed by atoms with Gasteiger partial charge in [0.05, 0.1) is 0 Å². The molecule has 5 nitrogen and oxygen atoms in total. The summed E-state index contributed by atoms with van der Waals surface area (Å²) < 4.78 is 8.32. The summed E-state index contributed by atoms with van der Waals surface area (Å²) in [6.45, 7) is 13.2. The first kappa shape index (κ1) is 25.4. The number of carbonyl (C=O) groups is 2. The lowest BCUT2D eigenvalue weighted by Crippen LogP contribution is -2.30. The van der Waals surface area contributed by atoms with Crippen molar-refractivity contribution in [3.63, 3.8) is 0 Å². The number of hydrogen-bond acceptors (Lipinski definition) is 3. The summed E-state index contributed by atoms with van der Waals surface area (Å²) >= 11 is 0. The molecule has 0 radical (unpaired) electrons. The number of nitrogens with zero attached hydrogens (tertiary/aromatic N) is 2. The fourth-order valence-corrected chi connectivity index (χ4v) is 2.29. The molecule has 28 heavy (non-hydrogen) atoms. The van der Waals surface area contributed by atoms with E-state index in [2.05, 4.69) is 90.6 Å². The first-order valence-corrected chi connectivity index (χ1v) is 10.0. The van der Waals surface area contributed by atoms with Gasteiger partial charge in [0.2, 0.25) is 0 Å². The molecule has 0 N–H and O–H groups in total. The van der Waals surface area contributed by atoms with Gasteiger partial charge in [-0.1, -0.05) is 20.3 Å². The maximum Gasteiger partial charge on any atom is 0.310 e. The molecule has 0 atom stereocenters. The molecule has 0 saturated carbocycles. The molecule has 0 amide bonds. The van der Waals surface area contributed by atoms with Crippen molar-refractivity contribution in [2.45, 2.75) is 73.9 Å². The molecule has 0 unspecified atom stereocenters. The SMILES string of the molecule is CC(=O)OC(C)=O.CCCc1cc[n+](CC)cc1.CCc1cc[n+](CC)cc1. The van der Waals surface area contributed by atoms with Crippen LogP contribution >= 0.6 is 0 Å². The standard InChI is InChI=1S/C10H16N.C9H14N.C4H6O3/c1-3-5-10-6-8-11(4-2)9-7-10;1-3-9-5-7-10(4-2)8-6-9;1-3(5)7-4(2)6/h6-9H,3-5H2,1-2H3;5-8H,3-4H2,1-2H3;1-2H3/q2*+1;. The van der Waals surface area contributed by atoms with Gasteiger partial charge in [0.1, 0.15) is 13.1 Å². The van der Waals surface area contributed by atoms with Gasteiger partial charge >= 0.3 is 11.9 Å². The van der Waals surface area contributed by atoms with Crippen molar-refractivity contribution in [3.8, 4) is 0 Å². The second kappa shape index (κ2) is 15.5. The first-order valence-electron chi connectivity index (χ1n) is 10.0. The van der Waals surface area contributed by atoms with E-state index in [0.29, 0.717) is 0 Å². The van der Waals surface area contributed by atoms with Crippen molar-refractivity contribution in [1.82, 2.24) is 0 Å². The Kier molecular flexibility index (Phi) is 14.1. The molecule has 5 heteroatoms. The van der Waals surface area contributed by atoms with Crippen LogP contribution in [-0.2, 0) is 40.3 Å². The van der Waals surface area contributed by atoms with Crippen molar-refractivity contribution in [1.29, 1.82) is 0 Å². The van der Waals surface area contributed by atoms with E-state index >= 15 is 0 Å². The largest absolute Gasteiger partial charge is 0.394 e. The topological polar surface area (TPSA) is 51.1 Å². The molecule has 154 valence electrons. The summed E-state index contributed by atoms with van der Waals surface area (Å²) in [6.07, 6.45) is 12.1. The normalized spacial score (nSPS) is 9.36. The third-order valence-corrected chi connectivity index (χ3v) is 3.89. The van der Waals surface area contributed by atoms with Gasteiger partial charge in [-0.25, -0.2) is 9.13 Å². The third kappa shape index (κ3) is 12.7. The minimum atomic E-state index is -0.562. The first-order chi connectivity index (χ1) is 13.4. The number of ether oxygens (including phenoxy) is 1. The van der Waals surface area contributed by atoms with E-state index < -0.39 is 11.9 Å². The van der Waals surface area contributed by atoms with Crippen LogP contribution < -0.4 is 9.13 Å². The molecule has 0 aliphatic carbocycles. The highest BCUT2D eigenvalue weighted by Gasteiger charge is 1.96. The zero-order valence-electron chi connectivity index (χ0n) is 18.3. The quantitative estimate of drug-likeness (QED) is 0.447. The Hall–Kier alpha value is -2.56.